The maximum atomic E-state index is 6.10. The number of nitrogens with one attached hydrogen (secondary N) is 1. The molecular weight excluding hydrogens is 170 g/mol. The van der Waals surface area contributed by atoms with Gasteiger partial charge in [-0.3, -0.25) is 0 Å². The molecule has 2 rings (SSSR count). The molecule has 0 amide bonds. The fourth-order valence-corrected chi connectivity index (χ4v) is 2.12. The summed E-state index contributed by atoms with van der Waals surface area (Å²) in [6, 6.07) is 6.05. The first-order chi connectivity index (χ1) is 5.79. The van der Waals surface area contributed by atoms with E-state index in [0.717, 1.165) is 11.6 Å². The zero-order valence-electron chi connectivity index (χ0n) is 7.10. The molecule has 1 nitrogen and oxygen atoms in total. The van der Waals surface area contributed by atoms with Gasteiger partial charge in [0.1, 0.15) is 0 Å². The van der Waals surface area contributed by atoms with Gasteiger partial charge >= 0.3 is 0 Å². The van der Waals surface area contributed by atoms with Crippen molar-refractivity contribution in [1.29, 1.82) is 0 Å². The highest BCUT2D eigenvalue weighted by Crippen LogP contribution is 2.36. The second-order valence-corrected chi connectivity index (χ2v) is 3.72. The van der Waals surface area contributed by atoms with Crippen molar-refractivity contribution in [3.05, 3.63) is 28.8 Å². The summed E-state index contributed by atoms with van der Waals surface area (Å²) >= 11 is 6.10. The lowest BCUT2D eigenvalue weighted by Crippen LogP contribution is -2.14. The summed E-state index contributed by atoms with van der Waals surface area (Å²) in [5.74, 6) is 0.593. The van der Waals surface area contributed by atoms with Gasteiger partial charge in [0.15, 0.2) is 0 Å². The zero-order chi connectivity index (χ0) is 8.55. The molecule has 1 N–H and O–H groups in total. The van der Waals surface area contributed by atoms with Crippen LogP contribution in [-0.2, 0) is 0 Å². The molecule has 64 valence electrons. The van der Waals surface area contributed by atoms with Crippen molar-refractivity contribution in [1.82, 2.24) is 0 Å². The van der Waals surface area contributed by atoms with Gasteiger partial charge in [0.2, 0.25) is 0 Å². The predicted molar refractivity (Wildman–Crippen MR) is 53.0 cm³/mol. The van der Waals surface area contributed by atoms with Crippen LogP contribution in [0.3, 0.4) is 0 Å². The first kappa shape index (κ1) is 7.93. The van der Waals surface area contributed by atoms with E-state index in [1.54, 1.807) is 0 Å². The van der Waals surface area contributed by atoms with Crippen molar-refractivity contribution in [3.8, 4) is 0 Å². The minimum atomic E-state index is 0.593. The minimum Gasteiger partial charge on any atom is -0.385 e. The maximum absolute atomic E-state index is 6.10. The Hall–Kier alpha value is -0.690. The molecule has 1 aromatic rings. The van der Waals surface area contributed by atoms with Crippen LogP contribution >= 0.6 is 11.6 Å². The third-order valence-electron chi connectivity index (χ3n) is 2.44. The van der Waals surface area contributed by atoms with E-state index in [2.05, 4.69) is 18.3 Å². The molecule has 1 atom stereocenters. The Morgan fingerprint density at radius 3 is 3.08 bits per heavy atom. The second-order valence-electron chi connectivity index (χ2n) is 3.32. The van der Waals surface area contributed by atoms with Crippen LogP contribution in [-0.4, -0.2) is 6.54 Å². The van der Waals surface area contributed by atoms with Crippen LogP contribution < -0.4 is 5.32 Å². The molecule has 0 fully saturated rings. The monoisotopic (exact) mass is 181 g/mol. The van der Waals surface area contributed by atoms with Crippen LogP contribution in [0.2, 0.25) is 5.02 Å². The van der Waals surface area contributed by atoms with Gasteiger partial charge in [0, 0.05) is 17.3 Å². The molecule has 0 radical (unpaired) electrons. The number of rotatable bonds is 0. The Kier molecular flexibility index (Phi) is 1.97. The average Bonchev–Trinajstić information content (AvgIpc) is 2.04. The summed E-state index contributed by atoms with van der Waals surface area (Å²) in [6.07, 6.45) is 1.18. The standard InChI is InChI=1S/C10H12ClN/c1-7-5-6-12-9-4-2-3-8(11)10(7)9/h2-4,7,12H,5-6H2,1H3. The number of hydrogen-bond acceptors (Lipinski definition) is 1. The van der Waals surface area contributed by atoms with E-state index in [4.69, 9.17) is 11.6 Å². The van der Waals surface area contributed by atoms with Gasteiger partial charge in [0.05, 0.1) is 0 Å². The van der Waals surface area contributed by atoms with Gasteiger partial charge in [-0.25, -0.2) is 0 Å². The largest absolute Gasteiger partial charge is 0.385 e. The van der Waals surface area contributed by atoms with Crippen LogP contribution in [0.5, 0.6) is 0 Å². The third kappa shape index (κ3) is 1.18. The predicted octanol–water partition coefficient (Wildman–Crippen LogP) is 3.26. The van der Waals surface area contributed by atoms with E-state index >= 15 is 0 Å². The Morgan fingerprint density at radius 1 is 1.50 bits per heavy atom. The van der Waals surface area contributed by atoms with Crippen molar-refractivity contribution in [3.63, 3.8) is 0 Å². The van der Waals surface area contributed by atoms with Gasteiger partial charge in [0.25, 0.3) is 0 Å². The molecule has 1 aliphatic rings. The summed E-state index contributed by atoms with van der Waals surface area (Å²) in [6.45, 7) is 3.29. The van der Waals surface area contributed by atoms with Gasteiger partial charge in [-0.1, -0.05) is 24.6 Å². The molecule has 0 aromatic heterocycles. The maximum Gasteiger partial charge on any atom is 0.0461 e. The highest BCUT2D eigenvalue weighted by molar-refractivity contribution is 6.31. The lowest BCUT2D eigenvalue weighted by molar-refractivity contribution is 0.684. The summed E-state index contributed by atoms with van der Waals surface area (Å²) < 4.78 is 0. The summed E-state index contributed by atoms with van der Waals surface area (Å²) in [4.78, 5) is 0. The van der Waals surface area contributed by atoms with Crippen molar-refractivity contribution < 1.29 is 0 Å². The molecule has 0 aliphatic carbocycles. The van der Waals surface area contributed by atoms with E-state index in [1.165, 1.54) is 17.7 Å². The summed E-state index contributed by atoms with van der Waals surface area (Å²) in [5, 5.41) is 4.24. The van der Waals surface area contributed by atoms with Crippen LogP contribution in [0.15, 0.2) is 18.2 Å². The quantitative estimate of drug-likeness (QED) is 0.648. The van der Waals surface area contributed by atoms with Crippen LogP contribution in [0.25, 0.3) is 0 Å². The van der Waals surface area contributed by atoms with Gasteiger partial charge in [-0.2, -0.15) is 0 Å². The molecule has 12 heavy (non-hydrogen) atoms. The van der Waals surface area contributed by atoms with Gasteiger partial charge in [-0.15, -0.1) is 0 Å². The van der Waals surface area contributed by atoms with Gasteiger partial charge < -0.3 is 5.32 Å². The van der Waals surface area contributed by atoms with E-state index in [9.17, 15) is 0 Å². The number of halogens is 1. The van der Waals surface area contributed by atoms with Crippen molar-refractivity contribution in [2.24, 2.45) is 0 Å². The van der Waals surface area contributed by atoms with E-state index in [0.29, 0.717) is 5.92 Å². The molecule has 2 heteroatoms. The first-order valence-corrected chi connectivity index (χ1v) is 4.69. The lowest BCUT2D eigenvalue weighted by atomic mass is 9.93. The molecule has 0 saturated carbocycles. The Bertz CT molecular complexity index is 296. The average molecular weight is 182 g/mol. The van der Waals surface area contributed by atoms with Crippen LogP contribution in [0, 0.1) is 0 Å². The molecule has 0 bridgehead atoms. The zero-order valence-corrected chi connectivity index (χ0v) is 7.86. The molecular formula is C10H12ClN. The SMILES string of the molecule is CC1CCNc2cccc(Cl)c21. The van der Waals surface area contributed by atoms with E-state index in [-0.39, 0.29) is 0 Å². The van der Waals surface area contributed by atoms with Crippen molar-refractivity contribution in [2.75, 3.05) is 11.9 Å². The molecule has 1 heterocycles. The highest BCUT2D eigenvalue weighted by Gasteiger charge is 2.17. The highest BCUT2D eigenvalue weighted by atomic mass is 35.5. The second kappa shape index (κ2) is 2.98. The number of benzene rings is 1. The molecule has 0 saturated heterocycles. The van der Waals surface area contributed by atoms with Crippen molar-refractivity contribution >= 4 is 17.3 Å². The number of fused-ring (bicyclic) bond motifs is 1. The molecule has 1 aromatic carbocycles. The normalized spacial score (nSPS) is 21.3. The van der Waals surface area contributed by atoms with Gasteiger partial charge in [-0.05, 0) is 30.0 Å². The Morgan fingerprint density at radius 2 is 2.33 bits per heavy atom. The number of anilines is 1. The molecule has 1 unspecified atom stereocenters. The summed E-state index contributed by atoms with van der Waals surface area (Å²) in [5.41, 5.74) is 2.49. The summed E-state index contributed by atoms with van der Waals surface area (Å²) in [7, 11) is 0. The van der Waals surface area contributed by atoms with Crippen LogP contribution in [0.1, 0.15) is 24.8 Å². The molecule has 1 aliphatic heterocycles. The number of hydrogen-bond donors (Lipinski definition) is 1. The lowest BCUT2D eigenvalue weighted by Gasteiger charge is -2.24. The third-order valence-corrected chi connectivity index (χ3v) is 2.77. The fraction of sp³-hybridized carbons (Fsp3) is 0.400. The minimum absolute atomic E-state index is 0.593. The van der Waals surface area contributed by atoms with E-state index < -0.39 is 0 Å². The topological polar surface area (TPSA) is 12.0 Å². The Balaban J connectivity index is 2.53. The molecule has 0 spiro atoms. The van der Waals surface area contributed by atoms with Crippen LogP contribution in [0.4, 0.5) is 5.69 Å². The van der Waals surface area contributed by atoms with Crippen molar-refractivity contribution in [2.45, 2.75) is 19.3 Å². The first-order valence-electron chi connectivity index (χ1n) is 4.31. The van der Waals surface area contributed by atoms with E-state index in [1.807, 2.05) is 12.1 Å². The fourth-order valence-electron chi connectivity index (χ4n) is 1.76. The Labute approximate surface area is 77.7 Å². The smallest absolute Gasteiger partial charge is 0.0461 e.